The smallest absolute Gasteiger partial charge is 0.163 e. The van der Waals surface area contributed by atoms with Gasteiger partial charge in [0.2, 0.25) is 0 Å². The maximum Gasteiger partial charge on any atom is 0.163 e. The fourth-order valence-corrected chi connectivity index (χ4v) is 2.90. The third kappa shape index (κ3) is 2.96. The first-order valence-corrected chi connectivity index (χ1v) is 7.61. The highest BCUT2D eigenvalue weighted by molar-refractivity contribution is 6.33. The summed E-state index contributed by atoms with van der Waals surface area (Å²) in [5.41, 5.74) is 0.915. The molecule has 4 nitrogen and oxygen atoms in total. The maximum absolute atomic E-state index is 6.32. The summed E-state index contributed by atoms with van der Waals surface area (Å²) in [4.78, 5) is 0. The largest absolute Gasteiger partial charge is 0.486 e. The summed E-state index contributed by atoms with van der Waals surface area (Å²) < 4.78 is 16.8. The van der Waals surface area contributed by atoms with E-state index in [9.17, 15) is 0 Å². The van der Waals surface area contributed by atoms with Gasteiger partial charge in [-0.1, -0.05) is 18.5 Å². The molecule has 0 spiro atoms. The van der Waals surface area contributed by atoms with Crippen molar-refractivity contribution in [3.05, 3.63) is 17.2 Å². The van der Waals surface area contributed by atoms with Crippen molar-refractivity contribution in [2.45, 2.75) is 38.3 Å². The zero-order valence-electron chi connectivity index (χ0n) is 11.7. The minimum absolute atomic E-state index is 0.345. The average molecular weight is 298 g/mol. The van der Waals surface area contributed by atoms with Crippen molar-refractivity contribution in [3.8, 4) is 11.5 Å². The molecule has 1 aromatic rings. The summed E-state index contributed by atoms with van der Waals surface area (Å²) in [6, 6.07) is 4.16. The van der Waals surface area contributed by atoms with Gasteiger partial charge in [0.25, 0.3) is 0 Å². The summed E-state index contributed by atoms with van der Waals surface area (Å²) in [5.74, 6) is 1.49. The molecule has 1 N–H and O–H groups in total. The third-order valence-electron chi connectivity index (χ3n) is 3.81. The number of fused-ring (bicyclic) bond motifs is 1. The SMILES string of the molecule is CCC1CC(Nc2cc3c(cc2Cl)OCCO3)CCO1. The molecule has 0 bridgehead atoms. The van der Waals surface area contributed by atoms with Crippen LogP contribution in [0.2, 0.25) is 5.02 Å². The molecule has 3 rings (SSSR count). The first-order valence-electron chi connectivity index (χ1n) is 7.23. The van der Waals surface area contributed by atoms with Gasteiger partial charge in [0.1, 0.15) is 13.2 Å². The zero-order chi connectivity index (χ0) is 13.9. The number of rotatable bonds is 3. The van der Waals surface area contributed by atoms with Crippen molar-refractivity contribution < 1.29 is 14.2 Å². The Bertz CT molecular complexity index is 480. The number of benzene rings is 1. The normalized spacial score (nSPS) is 25.3. The lowest BCUT2D eigenvalue weighted by molar-refractivity contribution is 0.00925. The van der Waals surface area contributed by atoms with E-state index in [1.807, 2.05) is 12.1 Å². The second-order valence-electron chi connectivity index (χ2n) is 5.24. The first-order chi connectivity index (χ1) is 9.76. The van der Waals surface area contributed by atoms with Crippen LogP contribution in [-0.2, 0) is 4.74 Å². The van der Waals surface area contributed by atoms with Gasteiger partial charge in [0.05, 0.1) is 16.8 Å². The topological polar surface area (TPSA) is 39.7 Å². The maximum atomic E-state index is 6.32. The second-order valence-corrected chi connectivity index (χ2v) is 5.65. The van der Waals surface area contributed by atoms with Crippen LogP contribution in [0.1, 0.15) is 26.2 Å². The number of ether oxygens (including phenoxy) is 3. The van der Waals surface area contributed by atoms with E-state index in [1.54, 1.807) is 0 Å². The number of nitrogens with one attached hydrogen (secondary N) is 1. The molecule has 1 aromatic carbocycles. The standard InChI is InChI=1S/C15H20ClNO3/c1-2-11-7-10(3-4-18-11)17-13-9-15-14(8-12(13)16)19-5-6-20-15/h8-11,17H,2-7H2,1H3. The van der Waals surface area contributed by atoms with E-state index in [1.165, 1.54) is 0 Å². The third-order valence-corrected chi connectivity index (χ3v) is 4.13. The van der Waals surface area contributed by atoms with E-state index < -0.39 is 0 Å². The molecule has 0 aromatic heterocycles. The lowest BCUT2D eigenvalue weighted by atomic mass is 10.0. The van der Waals surface area contributed by atoms with Crippen molar-refractivity contribution in [2.24, 2.45) is 0 Å². The summed E-state index contributed by atoms with van der Waals surface area (Å²) in [7, 11) is 0. The van der Waals surface area contributed by atoms with Gasteiger partial charge in [-0.25, -0.2) is 0 Å². The van der Waals surface area contributed by atoms with Gasteiger partial charge in [-0.05, 0) is 19.3 Å². The number of halogens is 1. The Balaban J connectivity index is 1.73. The molecular weight excluding hydrogens is 278 g/mol. The molecule has 0 radical (unpaired) electrons. The molecular formula is C15H20ClNO3. The minimum Gasteiger partial charge on any atom is -0.486 e. The van der Waals surface area contributed by atoms with Gasteiger partial charge in [0, 0.05) is 24.8 Å². The molecule has 1 saturated heterocycles. The molecule has 2 aliphatic heterocycles. The molecule has 0 aliphatic carbocycles. The van der Waals surface area contributed by atoms with E-state index in [0.29, 0.717) is 30.4 Å². The van der Waals surface area contributed by atoms with Crippen molar-refractivity contribution in [3.63, 3.8) is 0 Å². The van der Waals surface area contributed by atoms with Gasteiger partial charge in [-0.15, -0.1) is 0 Å². The summed E-state index contributed by atoms with van der Waals surface area (Å²) >= 11 is 6.32. The highest BCUT2D eigenvalue weighted by atomic mass is 35.5. The zero-order valence-corrected chi connectivity index (χ0v) is 12.4. The summed E-state index contributed by atoms with van der Waals surface area (Å²) in [6.45, 7) is 4.12. The van der Waals surface area contributed by atoms with Crippen LogP contribution in [-0.4, -0.2) is 32.0 Å². The monoisotopic (exact) mass is 297 g/mol. The minimum atomic E-state index is 0.345. The van der Waals surface area contributed by atoms with Crippen LogP contribution >= 0.6 is 11.6 Å². The number of anilines is 1. The van der Waals surface area contributed by atoms with Crippen molar-refractivity contribution in [1.82, 2.24) is 0 Å². The molecule has 2 unspecified atom stereocenters. The Kier molecular flexibility index (Phi) is 4.22. The predicted molar refractivity (Wildman–Crippen MR) is 79.1 cm³/mol. The molecule has 110 valence electrons. The predicted octanol–water partition coefficient (Wildman–Crippen LogP) is 3.48. The quantitative estimate of drug-likeness (QED) is 0.927. The molecule has 2 atom stereocenters. The Morgan fingerprint density at radius 2 is 1.95 bits per heavy atom. The Morgan fingerprint density at radius 1 is 1.20 bits per heavy atom. The Labute approximate surface area is 124 Å². The van der Waals surface area contributed by atoms with Crippen molar-refractivity contribution in [1.29, 1.82) is 0 Å². The molecule has 20 heavy (non-hydrogen) atoms. The van der Waals surface area contributed by atoms with E-state index >= 15 is 0 Å². The van der Waals surface area contributed by atoms with E-state index in [2.05, 4.69) is 12.2 Å². The second kappa shape index (κ2) is 6.10. The van der Waals surface area contributed by atoms with E-state index in [-0.39, 0.29) is 0 Å². The van der Waals surface area contributed by atoms with Gasteiger partial charge in [-0.3, -0.25) is 0 Å². The summed E-state index contributed by atoms with van der Waals surface area (Å²) in [5, 5.41) is 4.19. The van der Waals surface area contributed by atoms with Crippen molar-refractivity contribution >= 4 is 17.3 Å². The van der Waals surface area contributed by atoms with Gasteiger partial charge >= 0.3 is 0 Å². The molecule has 2 heterocycles. The van der Waals surface area contributed by atoms with Crippen LogP contribution in [0, 0.1) is 0 Å². The van der Waals surface area contributed by atoms with Crippen LogP contribution < -0.4 is 14.8 Å². The van der Waals surface area contributed by atoms with Crippen LogP contribution in [0.15, 0.2) is 12.1 Å². The highest BCUT2D eigenvalue weighted by Gasteiger charge is 2.23. The fraction of sp³-hybridized carbons (Fsp3) is 0.600. The Hall–Kier alpha value is -1.13. The molecule has 0 saturated carbocycles. The van der Waals surface area contributed by atoms with Crippen molar-refractivity contribution in [2.75, 3.05) is 25.1 Å². The lowest BCUT2D eigenvalue weighted by Gasteiger charge is -2.31. The van der Waals surface area contributed by atoms with Crippen LogP contribution in [0.3, 0.4) is 0 Å². The van der Waals surface area contributed by atoms with Gasteiger partial charge in [-0.2, -0.15) is 0 Å². The van der Waals surface area contributed by atoms with Crippen LogP contribution in [0.25, 0.3) is 0 Å². The van der Waals surface area contributed by atoms with Crippen LogP contribution in [0.4, 0.5) is 5.69 Å². The summed E-state index contributed by atoms with van der Waals surface area (Å²) in [6.07, 6.45) is 3.41. The molecule has 0 amide bonds. The number of hydrogen-bond donors (Lipinski definition) is 1. The van der Waals surface area contributed by atoms with E-state index in [4.69, 9.17) is 25.8 Å². The lowest BCUT2D eigenvalue weighted by Crippen LogP contribution is -2.33. The fourth-order valence-electron chi connectivity index (χ4n) is 2.69. The van der Waals surface area contributed by atoms with Gasteiger partial charge in [0.15, 0.2) is 11.5 Å². The van der Waals surface area contributed by atoms with Crippen LogP contribution in [0.5, 0.6) is 11.5 Å². The van der Waals surface area contributed by atoms with Gasteiger partial charge < -0.3 is 19.5 Å². The molecule has 5 heteroatoms. The average Bonchev–Trinajstić information content (AvgIpc) is 2.48. The Morgan fingerprint density at radius 3 is 2.70 bits per heavy atom. The first kappa shape index (κ1) is 13.8. The molecule has 2 aliphatic rings. The van der Waals surface area contributed by atoms with E-state index in [0.717, 1.165) is 43.1 Å². The number of hydrogen-bond acceptors (Lipinski definition) is 4. The highest BCUT2D eigenvalue weighted by Crippen LogP contribution is 2.38. The molecule has 1 fully saturated rings.